The van der Waals surface area contributed by atoms with Gasteiger partial charge < -0.3 is 14.4 Å². The topological polar surface area (TPSA) is 38.8 Å². The Morgan fingerprint density at radius 2 is 2.06 bits per heavy atom. The summed E-state index contributed by atoms with van der Waals surface area (Å²) in [5.74, 6) is 0.697. The Kier molecular flexibility index (Phi) is 2.33. The van der Waals surface area contributed by atoms with Crippen LogP contribution in [0.15, 0.2) is 24.3 Å². The van der Waals surface area contributed by atoms with Gasteiger partial charge in [0.05, 0.1) is 31.3 Å². The van der Waals surface area contributed by atoms with E-state index in [4.69, 9.17) is 9.47 Å². The lowest BCUT2D eigenvalue weighted by molar-refractivity contribution is -0.176. The number of rotatable bonds is 2. The van der Waals surface area contributed by atoms with Gasteiger partial charge >= 0.3 is 0 Å². The van der Waals surface area contributed by atoms with Crippen LogP contribution in [0.5, 0.6) is 5.75 Å². The highest BCUT2D eigenvalue weighted by Gasteiger charge is 2.50. The molecule has 1 aromatic rings. The number of ether oxygens (including phenoxy) is 2. The molecule has 0 unspecified atom stereocenters. The third-order valence-corrected chi connectivity index (χ3v) is 3.49. The fourth-order valence-electron chi connectivity index (χ4n) is 2.47. The fraction of sp³-hybridized carbons (Fsp3) is 0.462. The number of hydrogen-bond acceptors (Lipinski definition) is 3. The molecule has 2 aliphatic rings. The van der Waals surface area contributed by atoms with Crippen molar-refractivity contribution in [2.24, 2.45) is 5.41 Å². The number of nitrogens with zero attached hydrogens (tertiary/aromatic N) is 1. The lowest BCUT2D eigenvalue weighted by Gasteiger charge is -2.54. The summed E-state index contributed by atoms with van der Waals surface area (Å²) in [6.07, 6.45) is 0. The first-order valence-corrected chi connectivity index (χ1v) is 5.74. The summed E-state index contributed by atoms with van der Waals surface area (Å²) < 4.78 is 10.4. The van der Waals surface area contributed by atoms with Gasteiger partial charge in [-0.15, -0.1) is 0 Å². The zero-order valence-electron chi connectivity index (χ0n) is 9.81. The predicted molar refractivity (Wildman–Crippen MR) is 62.1 cm³/mol. The number of benzene rings is 1. The second kappa shape index (κ2) is 3.74. The minimum Gasteiger partial charge on any atom is -0.496 e. The van der Waals surface area contributed by atoms with Gasteiger partial charge in [0.1, 0.15) is 5.75 Å². The first-order valence-electron chi connectivity index (χ1n) is 5.74. The van der Waals surface area contributed by atoms with Crippen molar-refractivity contribution in [3.8, 4) is 5.75 Å². The summed E-state index contributed by atoms with van der Waals surface area (Å²) in [6.45, 7) is 3.21. The van der Waals surface area contributed by atoms with Gasteiger partial charge in [-0.05, 0) is 12.1 Å². The van der Waals surface area contributed by atoms with Gasteiger partial charge in [0, 0.05) is 13.1 Å². The molecule has 90 valence electrons. The summed E-state index contributed by atoms with van der Waals surface area (Å²) in [4.78, 5) is 14.1. The Morgan fingerprint density at radius 1 is 1.35 bits per heavy atom. The Balaban J connectivity index is 1.74. The number of carbonyl (C=O) groups is 1. The minimum absolute atomic E-state index is 0.0555. The van der Waals surface area contributed by atoms with Gasteiger partial charge in [-0.3, -0.25) is 4.79 Å². The number of carbonyl (C=O) groups excluding carboxylic acids is 1. The molecule has 4 nitrogen and oxygen atoms in total. The normalized spacial score (nSPS) is 20.6. The quantitative estimate of drug-likeness (QED) is 0.769. The van der Waals surface area contributed by atoms with Crippen LogP contribution in [-0.2, 0) is 4.74 Å². The van der Waals surface area contributed by atoms with E-state index in [1.54, 1.807) is 7.11 Å². The molecule has 0 aromatic heterocycles. The highest BCUT2D eigenvalue weighted by molar-refractivity contribution is 5.97. The molecule has 2 aliphatic heterocycles. The van der Waals surface area contributed by atoms with E-state index in [0.29, 0.717) is 11.3 Å². The highest BCUT2D eigenvalue weighted by Crippen LogP contribution is 2.38. The molecule has 0 aliphatic carbocycles. The first-order chi connectivity index (χ1) is 8.24. The minimum atomic E-state index is 0.0555. The molecule has 17 heavy (non-hydrogen) atoms. The van der Waals surface area contributed by atoms with Crippen molar-refractivity contribution in [1.82, 2.24) is 4.90 Å². The molecule has 0 saturated carbocycles. The van der Waals surface area contributed by atoms with Crippen molar-refractivity contribution in [3.63, 3.8) is 0 Å². The lowest BCUT2D eigenvalue weighted by Crippen LogP contribution is -2.67. The van der Waals surface area contributed by atoms with E-state index in [9.17, 15) is 4.79 Å². The van der Waals surface area contributed by atoms with Crippen LogP contribution in [0.4, 0.5) is 0 Å². The maximum absolute atomic E-state index is 12.2. The van der Waals surface area contributed by atoms with Crippen LogP contribution in [0.2, 0.25) is 0 Å². The molecule has 2 saturated heterocycles. The van der Waals surface area contributed by atoms with Crippen molar-refractivity contribution < 1.29 is 14.3 Å². The largest absolute Gasteiger partial charge is 0.496 e. The summed E-state index contributed by atoms with van der Waals surface area (Å²) in [6, 6.07) is 7.35. The number of methoxy groups -OCH3 is 1. The molecule has 0 N–H and O–H groups in total. The lowest BCUT2D eigenvalue weighted by atomic mass is 9.78. The van der Waals surface area contributed by atoms with E-state index in [-0.39, 0.29) is 11.3 Å². The Bertz CT molecular complexity index is 446. The fourth-order valence-corrected chi connectivity index (χ4v) is 2.47. The molecule has 0 radical (unpaired) electrons. The molecule has 1 aromatic carbocycles. The predicted octanol–water partition coefficient (Wildman–Crippen LogP) is 1.17. The second-order valence-electron chi connectivity index (χ2n) is 4.85. The van der Waals surface area contributed by atoms with Crippen molar-refractivity contribution in [1.29, 1.82) is 0 Å². The van der Waals surface area contributed by atoms with Crippen molar-refractivity contribution >= 4 is 5.91 Å². The summed E-state index contributed by atoms with van der Waals surface area (Å²) in [7, 11) is 1.59. The summed E-state index contributed by atoms with van der Waals surface area (Å²) in [5.41, 5.74) is 0.905. The molecule has 3 rings (SSSR count). The maximum Gasteiger partial charge on any atom is 0.257 e. The van der Waals surface area contributed by atoms with E-state index in [0.717, 1.165) is 26.3 Å². The standard InChI is InChI=1S/C13H15NO3/c1-16-11-5-3-2-4-10(11)12(15)14-6-13(7-14)8-17-9-13/h2-5H,6-9H2,1H3. The van der Waals surface area contributed by atoms with Crippen molar-refractivity contribution in [2.45, 2.75) is 0 Å². The first kappa shape index (κ1) is 10.6. The van der Waals surface area contributed by atoms with Crippen LogP contribution in [0.3, 0.4) is 0 Å². The molecule has 2 heterocycles. The summed E-state index contributed by atoms with van der Waals surface area (Å²) in [5, 5.41) is 0. The van der Waals surface area contributed by atoms with Crippen molar-refractivity contribution in [3.05, 3.63) is 29.8 Å². The Hall–Kier alpha value is -1.55. The molecule has 1 amide bonds. The van der Waals surface area contributed by atoms with E-state index < -0.39 is 0 Å². The molecule has 1 spiro atoms. The SMILES string of the molecule is COc1ccccc1C(=O)N1CC2(COC2)C1. The highest BCUT2D eigenvalue weighted by atomic mass is 16.5. The molecular weight excluding hydrogens is 218 g/mol. The van der Waals surface area contributed by atoms with E-state index in [1.165, 1.54) is 0 Å². The molecule has 0 bridgehead atoms. The van der Waals surface area contributed by atoms with Crippen LogP contribution < -0.4 is 4.74 Å². The van der Waals surface area contributed by atoms with Crippen LogP contribution in [0.1, 0.15) is 10.4 Å². The van der Waals surface area contributed by atoms with Gasteiger partial charge in [-0.2, -0.15) is 0 Å². The number of amides is 1. The van der Waals surface area contributed by atoms with Gasteiger partial charge in [-0.25, -0.2) is 0 Å². The zero-order valence-corrected chi connectivity index (χ0v) is 9.81. The molecule has 2 fully saturated rings. The van der Waals surface area contributed by atoms with E-state index in [1.807, 2.05) is 29.2 Å². The third-order valence-electron chi connectivity index (χ3n) is 3.49. The van der Waals surface area contributed by atoms with Crippen LogP contribution >= 0.6 is 0 Å². The van der Waals surface area contributed by atoms with Gasteiger partial charge in [0.25, 0.3) is 5.91 Å². The van der Waals surface area contributed by atoms with Crippen molar-refractivity contribution in [2.75, 3.05) is 33.4 Å². The molecule has 4 heteroatoms. The number of likely N-dealkylation sites (tertiary alicyclic amines) is 1. The average Bonchev–Trinajstić information content (AvgIpc) is 2.25. The van der Waals surface area contributed by atoms with Gasteiger partial charge in [0.15, 0.2) is 0 Å². The zero-order chi connectivity index (χ0) is 11.9. The third kappa shape index (κ3) is 1.60. The van der Waals surface area contributed by atoms with Crippen LogP contribution in [0.25, 0.3) is 0 Å². The Labute approximate surface area is 100 Å². The van der Waals surface area contributed by atoms with E-state index >= 15 is 0 Å². The molecular formula is C13H15NO3. The Morgan fingerprint density at radius 3 is 2.65 bits per heavy atom. The number of para-hydroxylation sites is 1. The summed E-state index contributed by atoms with van der Waals surface area (Å²) >= 11 is 0. The van der Waals surface area contributed by atoms with Gasteiger partial charge in [-0.1, -0.05) is 12.1 Å². The molecule has 0 atom stereocenters. The van der Waals surface area contributed by atoms with Gasteiger partial charge in [0.2, 0.25) is 0 Å². The smallest absolute Gasteiger partial charge is 0.257 e. The van der Waals surface area contributed by atoms with Crippen LogP contribution in [0, 0.1) is 5.41 Å². The van der Waals surface area contributed by atoms with E-state index in [2.05, 4.69) is 0 Å². The monoisotopic (exact) mass is 233 g/mol. The number of hydrogen-bond donors (Lipinski definition) is 0. The second-order valence-corrected chi connectivity index (χ2v) is 4.85. The maximum atomic E-state index is 12.2. The average molecular weight is 233 g/mol. The van der Waals surface area contributed by atoms with Crippen LogP contribution in [-0.4, -0.2) is 44.2 Å².